The zero-order valence-corrected chi connectivity index (χ0v) is 11.6. The molecule has 0 aliphatic rings. The number of halogens is 1. The number of aromatic nitrogens is 1. The summed E-state index contributed by atoms with van der Waals surface area (Å²) in [6.07, 6.45) is 0. The molecule has 0 unspecified atom stereocenters. The molecule has 1 radical (unpaired) electrons. The molecular weight excluding hydrogens is 285 g/mol. The number of H-pyrrole nitrogens is 1. The number of hydrogen-bond donors (Lipinski definition) is 1. The van der Waals surface area contributed by atoms with Crippen molar-refractivity contribution in [2.45, 2.75) is 13.2 Å². The van der Waals surface area contributed by atoms with Crippen LogP contribution in [0.3, 0.4) is 0 Å². The first-order valence-corrected chi connectivity index (χ1v) is 6.77. The Morgan fingerprint density at radius 2 is 1.95 bits per heavy atom. The lowest BCUT2D eigenvalue weighted by Crippen LogP contribution is -2.03. The lowest BCUT2D eigenvalue weighted by atomic mass is 10.1. The van der Waals surface area contributed by atoms with Gasteiger partial charge in [-0.15, -0.1) is 0 Å². The molecular formula is C17H13FNO3. The number of nitrogens with one attached hydrogen (secondary N) is 1. The third-order valence-electron chi connectivity index (χ3n) is 3.40. The summed E-state index contributed by atoms with van der Waals surface area (Å²) < 4.78 is 19.1. The summed E-state index contributed by atoms with van der Waals surface area (Å²) in [4.78, 5) is 14.0. The van der Waals surface area contributed by atoms with Crippen molar-refractivity contribution in [2.75, 3.05) is 0 Å². The van der Waals surface area contributed by atoms with Gasteiger partial charge in [-0.3, -0.25) is 4.79 Å². The van der Waals surface area contributed by atoms with Crippen LogP contribution < -0.4 is 10.3 Å². The minimum absolute atomic E-state index is 0.0348. The molecule has 1 aromatic heterocycles. The number of ether oxygens (including phenoxy) is 1. The van der Waals surface area contributed by atoms with Crippen LogP contribution in [0.2, 0.25) is 0 Å². The number of pyridine rings is 1. The maximum atomic E-state index is 13.5. The molecule has 0 bridgehead atoms. The van der Waals surface area contributed by atoms with Crippen LogP contribution in [0, 0.1) is 5.82 Å². The average molecular weight is 298 g/mol. The minimum atomic E-state index is -0.666. The molecule has 0 fully saturated rings. The van der Waals surface area contributed by atoms with E-state index in [0.717, 1.165) is 16.5 Å². The van der Waals surface area contributed by atoms with Gasteiger partial charge in [-0.2, -0.15) is 0 Å². The van der Waals surface area contributed by atoms with E-state index in [2.05, 4.69) is 4.98 Å². The molecule has 0 aliphatic carbocycles. The fraction of sp³-hybridized carbons (Fsp3) is 0.118. The van der Waals surface area contributed by atoms with Crippen molar-refractivity contribution < 1.29 is 14.2 Å². The van der Waals surface area contributed by atoms with Gasteiger partial charge in [0.1, 0.15) is 24.8 Å². The summed E-state index contributed by atoms with van der Waals surface area (Å²) >= 11 is 0. The Morgan fingerprint density at radius 3 is 2.77 bits per heavy atom. The van der Waals surface area contributed by atoms with Crippen molar-refractivity contribution in [1.82, 2.24) is 4.98 Å². The van der Waals surface area contributed by atoms with Crippen LogP contribution in [-0.4, -0.2) is 4.98 Å². The highest BCUT2D eigenvalue weighted by molar-refractivity contribution is 5.78. The predicted molar refractivity (Wildman–Crippen MR) is 79.7 cm³/mol. The van der Waals surface area contributed by atoms with Gasteiger partial charge in [0.05, 0.1) is 5.56 Å². The Balaban J connectivity index is 1.84. The van der Waals surface area contributed by atoms with Crippen molar-refractivity contribution >= 4 is 10.9 Å². The van der Waals surface area contributed by atoms with Crippen LogP contribution in [0.15, 0.2) is 53.3 Å². The third-order valence-corrected chi connectivity index (χ3v) is 3.40. The van der Waals surface area contributed by atoms with E-state index in [1.807, 2.05) is 12.1 Å². The quantitative estimate of drug-likeness (QED) is 0.804. The lowest BCUT2D eigenvalue weighted by molar-refractivity contribution is 0.167. The van der Waals surface area contributed by atoms with Crippen LogP contribution in [0.5, 0.6) is 5.75 Å². The number of benzene rings is 2. The molecule has 0 saturated heterocycles. The van der Waals surface area contributed by atoms with Crippen molar-refractivity contribution in [1.29, 1.82) is 0 Å². The fourth-order valence-electron chi connectivity index (χ4n) is 2.27. The smallest absolute Gasteiger partial charge is 0.248 e. The molecule has 4 nitrogen and oxygen atoms in total. The third kappa shape index (κ3) is 2.84. The minimum Gasteiger partial charge on any atom is -0.488 e. The molecule has 111 valence electrons. The monoisotopic (exact) mass is 298 g/mol. The second kappa shape index (κ2) is 5.99. The lowest BCUT2D eigenvalue weighted by Gasteiger charge is -2.10. The molecule has 0 aliphatic heterocycles. The zero-order chi connectivity index (χ0) is 15.5. The van der Waals surface area contributed by atoms with Crippen LogP contribution in [0.4, 0.5) is 4.39 Å². The first-order chi connectivity index (χ1) is 10.7. The molecule has 0 saturated carbocycles. The molecule has 5 heteroatoms. The van der Waals surface area contributed by atoms with Gasteiger partial charge in [0.25, 0.3) is 0 Å². The molecule has 0 spiro atoms. The summed E-state index contributed by atoms with van der Waals surface area (Å²) in [5, 5.41) is 11.9. The van der Waals surface area contributed by atoms with Crippen molar-refractivity contribution in [3.63, 3.8) is 0 Å². The molecule has 0 amide bonds. The highest BCUT2D eigenvalue weighted by Crippen LogP contribution is 2.23. The van der Waals surface area contributed by atoms with E-state index in [4.69, 9.17) is 4.74 Å². The van der Waals surface area contributed by atoms with E-state index in [-0.39, 0.29) is 23.5 Å². The predicted octanol–water partition coefficient (Wildman–Crippen LogP) is 3.18. The number of hydrogen-bond acceptors (Lipinski definition) is 2. The molecule has 2 aromatic carbocycles. The molecule has 22 heavy (non-hydrogen) atoms. The van der Waals surface area contributed by atoms with E-state index < -0.39 is 12.4 Å². The Kier molecular flexibility index (Phi) is 3.89. The maximum Gasteiger partial charge on any atom is 0.248 e. The summed E-state index contributed by atoms with van der Waals surface area (Å²) in [5.74, 6) is -0.292. The van der Waals surface area contributed by atoms with E-state index >= 15 is 0 Å². The van der Waals surface area contributed by atoms with Gasteiger partial charge in [-0.1, -0.05) is 12.1 Å². The van der Waals surface area contributed by atoms with Gasteiger partial charge in [-0.25, -0.2) is 9.50 Å². The summed E-state index contributed by atoms with van der Waals surface area (Å²) in [7, 11) is 0. The van der Waals surface area contributed by atoms with Gasteiger partial charge < -0.3 is 9.72 Å². The van der Waals surface area contributed by atoms with Crippen LogP contribution >= 0.6 is 0 Å². The Hall–Kier alpha value is -2.66. The van der Waals surface area contributed by atoms with Crippen molar-refractivity contribution in [3.05, 3.63) is 75.8 Å². The van der Waals surface area contributed by atoms with Gasteiger partial charge in [0, 0.05) is 11.6 Å². The number of aromatic amines is 1. The normalized spacial score (nSPS) is 10.8. The zero-order valence-electron chi connectivity index (χ0n) is 11.6. The molecule has 0 atom stereocenters. The highest BCUT2D eigenvalue weighted by Gasteiger charge is 2.09. The SMILES string of the molecule is [O]Cc1c(F)cccc1OCc1ccc2[nH]c(=O)ccc2c1. The molecule has 1 heterocycles. The van der Waals surface area contributed by atoms with Crippen LogP contribution in [-0.2, 0) is 18.3 Å². The van der Waals surface area contributed by atoms with E-state index in [0.29, 0.717) is 0 Å². The van der Waals surface area contributed by atoms with Gasteiger partial charge in [0.15, 0.2) is 0 Å². The summed E-state index contributed by atoms with van der Waals surface area (Å²) in [5.41, 5.74) is 1.48. The van der Waals surface area contributed by atoms with Crippen molar-refractivity contribution in [3.8, 4) is 5.75 Å². The second-order valence-electron chi connectivity index (χ2n) is 4.89. The van der Waals surface area contributed by atoms with E-state index in [1.165, 1.54) is 18.2 Å². The van der Waals surface area contributed by atoms with Crippen molar-refractivity contribution in [2.24, 2.45) is 0 Å². The summed E-state index contributed by atoms with van der Waals surface area (Å²) in [6, 6.07) is 13.0. The second-order valence-corrected chi connectivity index (χ2v) is 4.89. The average Bonchev–Trinajstić information content (AvgIpc) is 2.53. The Morgan fingerprint density at radius 1 is 1.09 bits per heavy atom. The van der Waals surface area contributed by atoms with Gasteiger partial charge in [0.2, 0.25) is 5.56 Å². The first kappa shape index (κ1) is 14.3. The van der Waals surface area contributed by atoms with Gasteiger partial charge >= 0.3 is 0 Å². The van der Waals surface area contributed by atoms with Crippen LogP contribution in [0.25, 0.3) is 10.9 Å². The van der Waals surface area contributed by atoms with E-state index in [1.54, 1.807) is 18.2 Å². The highest BCUT2D eigenvalue weighted by atomic mass is 19.1. The Labute approximate surface area is 125 Å². The molecule has 3 aromatic rings. The maximum absolute atomic E-state index is 13.5. The van der Waals surface area contributed by atoms with Gasteiger partial charge in [-0.05, 0) is 41.3 Å². The number of rotatable bonds is 4. The number of fused-ring (bicyclic) bond motifs is 1. The fourth-order valence-corrected chi connectivity index (χ4v) is 2.27. The topological polar surface area (TPSA) is 62.0 Å². The largest absolute Gasteiger partial charge is 0.488 e. The summed E-state index contributed by atoms with van der Waals surface area (Å²) in [6.45, 7) is -0.452. The molecule has 3 rings (SSSR count). The first-order valence-electron chi connectivity index (χ1n) is 6.77. The Bertz CT molecular complexity index is 873. The van der Waals surface area contributed by atoms with Crippen LogP contribution in [0.1, 0.15) is 11.1 Å². The molecule has 1 N–H and O–H groups in total. The standard InChI is InChI=1S/C17H13FNO3/c18-14-2-1-3-16(13(14)9-20)22-10-11-4-6-15-12(8-11)5-7-17(21)19-15/h1-8H,9-10H2,(H,19,21). The van der Waals surface area contributed by atoms with E-state index in [9.17, 15) is 14.3 Å².